The molecule has 2 aromatic carbocycles. The van der Waals surface area contributed by atoms with Crippen LogP contribution in [0.1, 0.15) is 25.1 Å². The fourth-order valence-electron chi connectivity index (χ4n) is 3.43. The molecule has 172 valence electrons. The Bertz CT molecular complexity index is 1210. The van der Waals surface area contributed by atoms with E-state index in [1.54, 1.807) is 32.0 Å². The van der Waals surface area contributed by atoms with E-state index in [9.17, 15) is 5.11 Å². The molecule has 9 nitrogen and oxygen atoms in total. The van der Waals surface area contributed by atoms with E-state index in [1.807, 2.05) is 66.2 Å². The molecule has 0 aliphatic heterocycles. The van der Waals surface area contributed by atoms with Gasteiger partial charge in [0.2, 0.25) is 11.9 Å². The fourth-order valence-corrected chi connectivity index (χ4v) is 3.43. The van der Waals surface area contributed by atoms with E-state index in [1.165, 1.54) is 0 Å². The highest BCUT2D eigenvalue weighted by atomic mass is 16.5. The van der Waals surface area contributed by atoms with Crippen LogP contribution < -0.4 is 15.4 Å². The van der Waals surface area contributed by atoms with E-state index in [0.717, 1.165) is 22.6 Å². The van der Waals surface area contributed by atoms with Crippen molar-refractivity contribution in [2.45, 2.75) is 39.5 Å². The van der Waals surface area contributed by atoms with Gasteiger partial charge in [-0.2, -0.15) is 4.98 Å². The molecule has 0 spiro atoms. The minimum atomic E-state index is -0.943. The zero-order valence-corrected chi connectivity index (χ0v) is 19.3. The van der Waals surface area contributed by atoms with Crippen LogP contribution in [0.25, 0.3) is 5.69 Å². The lowest BCUT2D eigenvalue weighted by Crippen LogP contribution is -2.27. The van der Waals surface area contributed by atoms with Crippen molar-refractivity contribution in [3.05, 3.63) is 72.3 Å². The second-order valence-corrected chi connectivity index (χ2v) is 8.50. The number of ether oxygens (including phenoxy) is 1. The summed E-state index contributed by atoms with van der Waals surface area (Å²) in [5.41, 5.74) is 2.77. The number of aliphatic hydroxyl groups is 1. The van der Waals surface area contributed by atoms with Gasteiger partial charge in [-0.25, -0.2) is 9.67 Å². The SMILES string of the molecule is COc1cc(Nc2nc(NCc3ccccc3)n(CC(C)(C)O)n2)ccc1-n1cnc(C)c1. The van der Waals surface area contributed by atoms with Crippen LogP contribution in [-0.4, -0.2) is 42.1 Å². The first-order chi connectivity index (χ1) is 15.8. The Labute approximate surface area is 193 Å². The van der Waals surface area contributed by atoms with Crippen LogP contribution in [0.2, 0.25) is 0 Å². The van der Waals surface area contributed by atoms with Gasteiger partial charge in [0.15, 0.2) is 0 Å². The molecule has 0 bridgehead atoms. The molecule has 0 fully saturated rings. The van der Waals surface area contributed by atoms with Gasteiger partial charge in [-0.15, -0.1) is 5.10 Å². The van der Waals surface area contributed by atoms with Crippen molar-refractivity contribution in [2.75, 3.05) is 17.7 Å². The van der Waals surface area contributed by atoms with Crippen molar-refractivity contribution in [1.82, 2.24) is 24.3 Å². The average Bonchev–Trinajstić information content (AvgIpc) is 3.37. The van der Waals surface area contributed by atoms with E-state index in [2.05, 4.69) is 25.7 Å². The summed E-state index contributed by atoms with van der Waals surface area (Å²) in [4.78, 5) is 8.89. The lowest BCUT2D eigenvalue weighted by molar-refractivity contribution is 0.0584. The van der Waals surface area contributed by atoms with Crippen molar-refractivity contribution in [3.8, 4) is 11.4 Å². The second-order valence-electron chi connectivity index (χ2n) is 8.50. The Morgan fingerprint density at radius 2 is 1.91 bits per heavy atom. The van der Waals surface area contributed by atoms with E-state index in [-0.39, 0.29) is 0 Å². The molecule has 2 aromatic heterocycles. The number of hydrogen-bond acceptors (Lipinski definition) is 7. The number of hydrogen-bond donors (Lipinski definition) is 3. The maximum Gasteiger partial charge on any atom is 0.248 e. The topological polar surface area (TPSA) is 102 Å². The second kappa shape index (κ2) is 9.33. The van der Waals surface area contributed by atoms with Crippen LogP contribution in [0.3, 0.4) is 0 Å². The van der Waals surface area contributed by atoms with Crippen molar-refractivity contribution in [1.29, 1.82) is 0 Å². The van der Waals surface area contributed by atoms with E-state index in [4.69, 9.17) is 4.74 Å². The summed E-state index contributed by atoms with van der Waals surface area (Å²) in [6, 6.07) is 15.8. The molecule has 0 aliphatic rings. The number of benzene rings is 2. The number of imidazole rings is 1. The summed E-state index contributed by atoms with van der Waals surface area (Å²) >= 11 is 0. The highest BCUT2D eigenvalue weighted by molar-refractivity contribution is 5.62. The van der Waals surface area contributed by atoms with Gasteiger partial charge in [0, 0.05) is 24.5 Å². The van der Waals surface area contributed by atoms with Crippen molar-refractivity contribution >= 4 is 17.6 Å². The predicted octanol–water partition coefficient (Wildman–Crippen LogP) is 3.91. The number of methoxy groups -OCH3 is 1. The molecular weight excluding hydrogens is 418 g/mol. The first-order valence-corrected chi connectivity index (χ1v) is 10.7. The minimum Gasteiger partial charge on any atom is -0.494 e. The summed E-state index contributed by atoms with van der Waals surface area (Å²) < 4.78 is 9.18. The Hall–Kier alpha value is -3.85. The Morgan fingerprint density at radius 3 is 2.58 bits per heavy atom. The van der Waals surface area contributed by atoms with Gasteiger partial charge < -0.3 is 25.0 Å². The Morgan fingerprint density at radius 1 is 1.12 bits per heavy atom. The molecule has 0 aliphatic carbocycles. The van der Waals surface area contributed by atoms with Crippen LogP contribution in [0.5, 0.6) is 5.75 Å². The minimum absolute atomic E-state index is 0.293. The number of anilines is 3. The molecule has 0 saturated heterocycles. The normalized spacial score (nSPS) is 11.4. The first-order valence-electron chi connectivity index (χ1n) is 10.7. The zero-order chi connectivity index (χ0) is 23.4. The van der Waals surface area contributed by atoms with Crippen molar-refractivity contribution < 1.29 is 9.84 Å². The van der Waals surface area contributed by atoms with Gasteiger partial charge in [-0.1, -0.05) is 30.3 Å². The average molecular weight is 448 g/mol. The zero-order valence-electron chi connectivity index (χ0n) is 19.3. The van der Waals surface area contributed by atoms with Gasteiger partial charge in [-0.05, 0) is 38.5 Å². The highest BCUT2D eigenvalue weighted by Crippen LogP contribution is 2.28. The third-order valence-corrected chi connectivity index (χ3v) is 4.93. The fraction of sp³-hybridized carbons (Fsp3) is 0.292. The molecule has 0 saturated carbocycles. The maximum atomic E-state index is 10.3. The number of nitrogens with one attached hydrogen (secondary N) is 2. The van der Waals surface area contributed by atoms with Crippen LogP contribution in [0, 0.1) is 6.92 Å². The van der Waals surface area contributed by atoms with Gasteiger partial charge in [0.25, 0.3) is 0 Å². The summed E-state index contributed by atoms with van der Waals surface area (Å²) in [6.07, 6.45) is 3.69. The molecule has 3 N–H and O–H groups in total. The third-order valence-electron chi connectivity index (χ3n) is 4.93. The molecule has 4 aromatic rings. The number of aromatic nitrogens is 5. The summed E-state index contributed by atoms with van der Waals surface area (Å²) in [5, 5.41) is 21.4. The largest absolute Gasteiger partial charge is 0.494 e. The lowest BCUT2D eigenvalue weighted by Gasteiger charge is -2.18. The molecule has 33 heavy (non-hydrogen) atoms. The van der Waals surface area contributed by atoms with Crippen LogP contribution in [-0.2, 0) is 13.1 Å². The maximum absolute atomic E-state index is 10.3. The number of nitrogens with zero attached hydrogens (tertiary/aromatic N) is 5. The summed E-state index contributed by atoms with van der Waals surface area (Å²) in [6.45, 7) is 6.31. The van der Waals surface area contributed by atoms with Crippen LogP contribution >= 0.6 is 0 Å². The quantitative estimate of drug-likeness (QED) is 0.358. The molecule has 0 amide bonds. The molecule has 0 radical (unpaired) electrons. The van der Waals surface area contributed by atoms with Crippen LogP contribution in [0.4, 0.5) is 17.6 Å². The van der Waals surface area contributed by atoms with E-state index in [0.29, 0.717) is 30.7 Å². The highest BCUT2D eigenvalue weighted by Gasteiger charge is 2.19. The van der Waals surface area contributed by atoms with Crippen molar-refractivity contribution in [2.24, 2.45) is 0 Å². The van der Waals surface area contributed by atoms with Crippen molar-refractivity contribution in [3.63, 3.8) is 0 Å². The molecule has 9 heteroatoms. The standard InChI is InChI=1S/C24H29N7O2/c1-17-14-30(16-26-17)20-11-10-19(12-21(20)33-4)27-22-28-23(31(29-22)15-24(2,3)32)25-13-18-8-6-5-7-9-18/h5-12,14,16,32H,13,15H2,1-4H3,(H2,25,27,28,29). The predicted molar refractivity (Wildman–Crippen MR) is 128 cm³/mol. The first kappa shape index (κ1) is 22.3. The lowest BCUT2D eigenvalue weighted by atomic mass is 10.1. The Kier molecular flexibility index (Phi) is 6.32. The monoisotopic (exact) mass is 447 g/mol. The summed E-state index contributed by atoms with van der Waals surface area (Å²) in [5.74, 6) is 1.68. The Balaban J connectivity index is 1.56. The van der Waals surface area contributed by atoms with Gasteiger partial charge in [-0.3, -0.25) is 0 Å². The third kappa shape index (κ3) is 5.69. The number of rotatable bonds is 9. The molecule has 2 heterocycles. The van der Waals surface area contributed by atoms with Gasteiger partial charge in [0.05, 0.1) is 37.0 Å². The van der Waals surface area contributed by atoms with Gasteiger partial charge >= 0.3 is 0 Å². The molecule has 0 unspecified atom stereocenters. The smallest absolute Gasteiger partial charge is 0.248 e. The molecule has 4 rings (SSSR count). The van der Waals surface area contributed by atoms with Crippen LogP contribution in [0.15, 0.2) is 61.1 Å². The summed E-state index contributed by atoms with van der Waals surface area (Å²) in [7, 11) is 1.63. The molecular formula is C24H29N7O2. The van der Waals surface area contributed by atoms with E-state index < -0.39 is 5.60 Å². The molecule has 0 atom stereocenters. The van der Waals surface area contributed by atoms with Gasteiger partial charge in [0.1, 0.15) is 5.75 Å². The number of aryl methyl sites for hydroxylation is 1. The van der Waals surface area contributed by atoms with E-state index >= 15 is 0 Å².